The van der Waals surface area contributed by atoms with Gasteiger partial charge in [-0.2, -0.15) is 0 Å². The fourth-order valence-corrected chi connectivity index (χ4v) is 4.38. The van der Waals surface area contributed by atoms with E-state index in [1.165, 1.54) is 0 Å². The van der Waals surface area contributed by atoms with Gasteiger partial charge in [0.1, 0.15) is 24.4 Å². The second kappa shape index (κ2) is 10.2. The Morgan fingerprint density at radius 3 is 2.41 bits per heavy atom. The molecule has 2 aliphatic heterocycles. The second-order valence-electron chi connectivity index (χ2n) is 8.24. The highest BCUT2D eigenvalue weighted by Crippen LogP contribution is 2.31. The van der Waals surface area contributed by atoms with E-state index in [0.717, 1.165) is 19.3 Å². The van der Waals surface area contributed by atoms with Crippen LogP contribution < -0.4 is 22.5 Å². The van der Waals surface area contributed by atoms with Gasteiger partial charge in [0, 0.05) is 25.0 Å². The summed E-state index contributed by atoms with van der Waals surface area (Å²) in [7, 11) is 1.91. The lowest BCUT2D eigenvalue weighted by Gasteiger charge is -2.41. The van der Waals surface area contributed by atoms with Gasteiger partial charge in [-0.15, -0.1) is 0 Å². The topological polar surface area (TPSA) is 188 Å². The van der Waals surface area contributed by atoms with Crippen LogP contribution in [-0.4, -0.2) is 103 Å². The summed E-state index contributed by atoms with van der Waals surface area (Å²) in [5, 5.41) is 33.1. The molecule has 3 aliphatic rings. The Kier molecular flexibility index (Phi) is 8.21. The van der Waals surface area contributed by atoms with E-state index in [4.69, 9.17) is 36.1 Å². The van der Waals surface area contributed by atoms with Gasteiger partial charge in [-0.3, -0.25) is 0 Å². The number of rotatable bonds is 7. The molecule has 1 saturated carbocycles. The monoisotopic (exact) mass is 420 g/mol. The predicted octanol–water partition coefficient (Wildman–Crippen LogP) is -3.30. The lowest BCUT2D eigenvalue weighted by Crippen LogP contribution is -2.63. The normalized spacial score (nSPS) is 48.7. The van der Waals surface area contributed by atoms with Crippen molar-refractivity contribution in [2.45, 2.75) is 93.0 Å². The van der Waals surface area contributed by atoms with Crippen LogP contribution in [0.4, 0.5) is 0 Å². The molecule has 0 bridgehead atoms. The number of aliphatic hydroxyl groups excluding tert-OH is 3. The smallest absolute Gasteiger partial charge is 0.176 e. The van der Waals surface area contributed by atoms with Crippen LogP contribution in [0.3, 0.4) is 0 Å². The maximum absolute atomic E-state index is 10.1. The molecule has 11 heteroatoms. The van der Waals surface area contributed by atoms with Gasteiger partial charge in [0.25, 0.3) is 0 Å². The van der Waals surface area contributed by atoms with Crippen LogP contribution in [0.15, 0.2) is 0 Å². The standard InChI is InChI=1S/C18H36N4O7/c1-22-9-2-8(20)3-10(4-9)26-14-5-11(13(7-23)27-14)28-18-15(21)17(25)16(24)12(6-19)29-18/h8-18,22-25H,2-7,19-21H2,1H3/t8?,9?,10?,11-,12-,13?,14?,15+,16+,17?,18-/m0/s1. The molecule has 2 saturated heterocycles. The van der Waals surface area contributed by atoms with E-state index in [9.17, 15) is 15.3 Å². The fourth-order valence-electron chi connectivity index (χ4n) is 4.38. The average molecular weight is 421 g/mol. The zero-order valence-corrected chi connectivity index (χ0v) is 16.8. The van der Waals surface area contributed by atoms with Crippen molar-refractivity contribution in [3.05, 3.63) is 0 Å². The highest BCUT2D eigenvalue weighted by Gasteiger charge is 2.46. The lowest BCUT2D eigenvalue weighted by molar-refractivity contribution is -0.274. The molecule has 10 N–H and O–H groups in total. The maximum Gasteiger partial charge on any atom is 0.176 e. The number of ether oxygens (including phenoxy) is 4. The summed E-state index contributed by atoms with van der Waals surface area (Å²) in [6.45, 7) is -0.253. The number of nitrogens with two attached hydrogens (primary N) is 3. The van der Waals surface area contributed by atoms with Crippen LogP contribution in [0, 0.1) is 0 Å². The molecule has 170 valence electrons. The molecule has 29 heavy (non-hydrogen) atoms. The van der Waals surface area contributed by atoms with Crippen molar-refractivity contribution in [1.82, 2.24) is 5.32 Å². The summed E-state index contributed by atoms with van der Waals surface area (Å²) < 4.78 is 23.5. The van der Waals surface area contributed by atoms with E-state index in [1.807, 2.05) is 7.05 Å². The van der Waals surface area contributed by atoms with Crippen molar-refractivity contribution < 1.29 is 34.3 Å². The van der Waals surface area contributed by atoms with Gasteiger partial charge in [-0.1, -0.05) is 0 Å². The van der Waals surface area contributed by atoms with Gasteiger partial charge in [0.05, 0.1) is 24.9 Å². The van der Waals surface area contributed by atoms with Crippen LogP contribution in [0.5, 0.6) is 0 Å². The minimum atomic E-state index is -1.23. The molecular formula is C18H36N4O7. The van der Waals surface area contributed by atoms with E-state index in [-0.39, 0.29) is 25.3 Å². The van der Waals surface area contributed by atoms with Crippen molar-refractivity contribution in [2.24, 2.45) is 17.2 Å². The molecule has 0 amide bonds. The van der Waals surface area contributed by atoms with Crippen molar-refractivity contribution >= 4 is 0 Å². The first-order chi connectivity index (χ1) is 13.9. The minimum absolute atomic E-state index is 0.00963. The second-order valence-corrected chi connectivity index (χ2v) is 8.24. The van der Waals surface area contributed by atoms with E-state index in [1.54, 1.807) is 0 Å². The Bertz CT molecular complexity index is 517. The minimum Gasteiger partial charge on any atom is -0.394 e. The van der Waals surface area contributed by atoms with E-state index in [2.05, 4.69) is 5.32 Å². The Balaban J connectivity index is 1.57. The predicted molar refractivity (Wildman–Crippen MR) is 102 cm³/mol. The summed E-state index contributed by atoms with van der Waals surface area (Å²) in [6, 6.07) is -0.608. The van der Waals surface area contributed by atoms with Crippen molar-refractivity contribution in [1.29, 1.82) is 0 Å². The third kappa shape index (κ3) is 5.43. The first kappa shape index (κ1) is 23.2. The van der Waals surface area contributed by atoms with Gasteiger partial charge >= 0.3 is 0 Å². The SMILES string of the molecule is CNC1CC(N)CC(OC2C[C@H](O[C@H]3O[C@@H](CN)[C@@H](O)C(O)[C@H]3N)C(CO)O2)C1. The van der Waals surface area contributed by atoms with Crippen LogP contribution in [-0.2, 0) is 18.9 Å². The summed E-state index contributed by atoms with van der Waals surface area (Å²) in [6.07, 6.45) is -3.10. The van der Waals surface area contributed by atoms with Gasteiger partial charge in [-0.25, -0.2) is 0 Å². The molecule has 2 heterocycles. The highest BCUT2D eigenvalue weighted by molar-refractivity contribution is 4.93. The van der Waals surface area contributed by atoms with Crippen molar-refractivity contribution in [3.63, 3.8) is 0 Å². The molecular weight excluding hydrogens is 384 g/mol. The third-order valence-electron chi connectivity index (χ3n) is 6.09. The molecule has 0 radical (unpaired) electrons. The highest BCUT2D eigenvalue weighted by atomic mass is 16.7. The van der Waals surface area contributed by atoms with E-state index >= 15 is 0 Å². The third-order valence-corrected chi connectivity index (χ3v) is 6.09. The Hall–Kier alpha value is -0.440. The Morgan fingerprint density at radius 2 is 1.76 bits per heavy atom. The summed E-state index contributed by atoms with van der Waals surface area (Å²) >= 11 is 0. The van der Waals surface area contributed by atoms with E-state index in [0.29, 0.717) is 12.5 Å². The molecule has 3 rings (SSSR count). The van der Waals surface area contributed by atoms with Crippen molar-refractivity contribution in [2.75, 3.05) is 20.2 Å². The van der Waals surface area contributed by atoms with Gasteiger partial charge in [0.2, 0.25) is 0 Å². The molecule has 6 unspecified atom stereocenters. The molecule has 0 aromatic carbocycles. The lowest BCUT2D eigenvalue weighted by atomic mass is 9.89. The van der Waals surface area contributed by atoms with Crippen LogP contribution in [0.1, 0.15) is 25.7 Å². The average Bonchev–Trinajstić information content (AvgIpc) is 3.08. The molecule has 11 nitrogen and oxygen atoms in total. The van der Waals surface area contributed by atoms with Gasteiger partial charge < -0.3 is 56.8 Å². The summed E-state index contributed by atoms with van der Waals surface area (Å²) in [5.41, 5.74) is 17.7. The largest absolute Gasteiger partial charge is 0.394 e. The quantitative estimate of drug-likeness (QED) is 0.218. The van der Waals surface area contributed by atoms with Crippen LogP contribution in [0.2, 0.25) is 0 Å². The van der Waals surface area contributed by atoms with Crippen molar-refractivity contribution in [3.8, 4) is 0 Å². The molecule has 0 spiro atoms. The van der Waals surface area contributed by atoms with Gasteiger partial charge in [-0.05, 0) is 26.3 Å². The molecule has 11 atom stereocenters. The zero-order chi connectivity index (χ0) is 21.1. The van der Waals surface area contributed by atoms with Crippen LogP contribution >= 0.6 is 0 Å². The molecule has 3 fully saturated rings. The number of hydrogen-bond donors (Lipinski definition) is 7. The number of aliphatic hydroxyl groups is 3. The first-order valence-corrected chi connectivity index (χ1v) is 10.3. The molecule has 1 aliphatic carbocycles. The summed E-state index contributed by atoms with van der Waals surface area (Å²) in [5.74, 6) is 0. The molecule has 0 aromatic rings. The number of hydrogen-bond acceptors (Lipinski definition) is 11. The van der Waals surface area contributed by atoms with E-state index < -0.39 is 49.1 Å². The Labute approximate surface area is 170 Å². The number of nitrogens with one attached hydrogen (secondary N) is 1. The maximum atomic E-state index is 10.1. The van der Waals surface area contributed by atoms with Crippen LogP contribution in [0.25, 0.3) is 0 Å². The fraction of sp³-hybridized carbons (Fsp3) is 1.00. The Morgan fingerprint density at radius 1 is 1.00 bits per heavy atom. The summed E-state index contributed by atoms with van der Waals surface area (Å²) in [4.78, 5) is 0. The van der Waals surface area contributed by atoms with Gasteiger partial charge in [0.15, 0.2) is 12.6 Å². The molecule has 0 aromatic heterocycles. The first-order valence-electron chi connectivity index (χ1n) is 10.3. The zero-order valence-electron chi connectivity index (χ0n) is 16.8.